The van der Waals surface area contributed by atoms with E-state index in [0.717, 1.165) is 21.5 Å². The van der Waals surface area contributed by atoms with E-state index in [4.69, 9.17) is 4.42 Å². The number of carbonyl (C=O) groups is 1. The Morgan fingerprint density at radius 2 is 2.20 bits per heavy atom. The molecule has 0 fully saturated rings. The van der Waals surface area contributed by atoms with Crippen LogP contribution in [0.25, 0.3) is 0 Å². The number of rotatable bonds is 6. The zero-order valence-electron chi connectivity index (χ0n) is 11.3. The molecule has 106 valence electrons. The maximum atomic E-state index is 11.8. The van der Waals surface area contributed by atoms with Crippen LogP contribution in [0.1, 0.15) is 17.7 Å². The van der Waals surface area contributed by atoms with Crippen LogP contribution in [0.2, 0.25) is 0 Å². The van der Waals surface area contributed by atoms with Gasteiger partial charge in [-0.2, -0.15) is 0 Å². The lowest BCUT2D eigenvalue weighted by Gasteiger charge is -2.07. The molecule has 0 saturated heterocycles. The van der Waals surface area contributed by atoms with E-state index in [1.54, 1.807) is 6.26 Å². The molecule has 2 aromatic rings. The molecule has 1 heterocycles. The molecule has 4 nitrogen and oxygen atoms in total. The van der Waals surface area contributed by atoms with E-state index in [9.17, 15) is 4.79 Å². The van der Waals surface area contributed by atoms with Crippen LogP contribution in [-0.4, -0.2) is 12.5 Å². The molecule has 0 spiro atoms. The number of hydrogen-bond donors (Lipinski definition) is 2. The highest BCUT2D eigenvalue weighted by Crippen LogP contribution is 2.20. The molecular weight excluding hydrogens is 320 g/mol. The van der Waals surface area contributed by atoms with Gasteiger partial charge in [0.2, 0.25) is 5.91 Å². The van der Waals surface area contributed by atoms with Crippen LogP contribution >= 0.6 is 15.9 Å². The van der Waals surface area contributed by atoms with Crippen LogP contribution in [0.4, 0.5) is 5.69 Å². The predicted molar refractivity (Wildman–Crippen MR) is 82.5 cm³/mol. The number of anilines is 1. The van der Waals surface area contributed by atoms with Gasteiger partial charge in [0, 0.05) is 23.1 Å². The normalized spacial score (nSPS) is 10.5. The van der Waals surface area contributed by atoms with Gasteiger partial charge in [0.25, 0.3) is 0 Å². The first kappa shape index (κ1) is 14.8. The number of benzene rings is 1. The first-order valence-corrected chi connectivity index (χ1v) is 7.23. The van der Waals surface area contributed by atoms with E-state index in [-0.39, 0.29) is 5.91 Å². The molecule has 5 heteroatoms. The maximum absolute atomic E-state index is 11.8. The molecule has 1 amide bonds. The minimum atomic E-state index is -0.00676. The molecule has 0 atom stereocenters. The molecule has 20 heavy (non-hydrogen) atoms. The minimum absolute atomic E-state index is 0.00676. The smallest absolute Gasteiger partial charge is 0.225 e. The van der Waals surface area contributed by atoms with E-state index < -0.39 is 0 Å². The van der Waals surface area contributed by atoms with E-state index in [2.05, 4.69) is 26.6 Å². The first-order valence-electron chi connectivity index (χ1n) is 6.44. The minimum Gasteiger partial charge on any atom is -0.468 e. The van der Waals surface area contributed by atoms with Gasteiger partial charge >= 0.3 is 0 Å². The van der Waals surface area contributed by atoms with Crippen molar-refractivity contribution in [1.29, 1.82) is 0 Å². The van der Waals surface area contributed by atoms with Crippen LogP contribution in [0.3, 0.4) is 0 Å². The Hall–Kier alpha value is -1.59. The van der Waals surface area contributed by atoms with Gasteiger partial charge in [-0.25, -0.2) is 0 Å². The fraction of sp³-hybridized carbons (Fsp3) is 0.267. The quantitative estimate of drug-likeness (QED) is 0.794. The average Bonchev–Trinajstić information content (AvgIpc) is 2.92. The molecule has 1 aromatic carbocycles. The second kappa shape index (κ2) is 7.26. The summed E-state index contributed by atoms with van der Waals surface area (Å²) < 4.78 is 6.18. The Balaban J connectivity index is 1.71. The Morgan fingerprint density at radius 3 is 2.90 bits per heavy atom. The largest absolute Gasteiger partial charge is 0.468 e. The van der Waals surface area contributed by atoms with Crippen LogP contribution in [-0.2, 0) is 11.3 Å². The zero-order chi connectivity index (χ0) is 14.4. The lowest BCUT2D eigenvalue weighted by molar-refractivity contribution is -0.116. The van der Waals surface area contributed by atoms with Gasteiger partial charge in [0.15, 0.2) is 0 Å². The van der Waals surface area contributed by atoms with Crippen molar-refractivity contribution >= 4 is 27.5 Å². The topological polar surface area (TPSA) is 54.3 Å². The highest BCUT2D eigenvalue weighted by molar-refractivity contribution is 9.10. The fourth-order valence-electron chi connectivity index (χ4n) is 1.72. The Labute approximate surface area is 126 Å². The first-order chi connectivity index (χ1) is 9.65. The van der Waals surface area contributed by atoms with E-state index in [1.807, 2.05) is 37.3 Å². The Kier molecular flexibility index (Phi) is 5.38. The van der Waals surface area contributed by atoms with Gasteiger partial charge in [-0.05, 0) is 36.8 Å². The maximum Gasteiger partial charge on any atom is 0.225 e. The number of carbonyl (C=O) groups excluding carboxylic acids is 1. The summed E-state index contributed by atoms with van der Waals surface area (Å²) >= 11 is 3.45. The van der Waals surface area contributed by atoms with E-state index in [0.29, 0.717) is 19.5 Å². The monoisotopic (exact) mass is 336 g/mol. The summed E-state index contributed by atoms with van der Waals surface area (Å²) in [4.78, 5) is 11.8. The molecule has 2 rings (SSSR count). The second-order valence-electron chi connectivity index (χ2n) is 4.52. The molecule has 1 aromatic heterocycles. The lowest BCUT2D eigenvalue weighted by atomic mass is 10.2. The van der Waals surface area contributed by atoms with Crippen molar-refractivity contribution in [3.05, 3.63) is 52.4 Å². The second-order valence-corrected chi connectivity index (χ2v) is 5.37. The Morgan fingerprint density at radius 1 is 1.35 bits per heavy atom. The molecular formula is C15H17BrN2O2. The van der Waals surface area contributed by atoms with Crippen molar-refractivity contribution in [2.45, 2.75) is 19.9 Å². The number of nitrogens with one attached hydrogen (secondary N) is 2. The van der Waals surface area contributed by atoms with Crippen molar-refractivity contribution in [3.8, 4) is 0 Å². The highest BCUT2D eigenvalue weighted by Gasteiger charge is 2.04. The SMILES string of the molecule is Cc1ccc(NC(=O)CCNCc2ccco2)cc1Br. The fourth-order valence-corrected chi connectivity index (χ4v) is 2.10. The molecule has 0 bridgehead atoms. The van der Waals surface area contributed by atoms with Crippen LogP contribution < -0.4 is 10.6 Å². The number of halogens is 1. The van der Waals surface area contributed by atoms with Crippen LogP contribution in [0.5, 0.6) is 0 Å². The molecule has 0 radical (unpaired) electrons. The highest BCUT2D eigenvalue weighted by atomic mass is 79.9. The third-order valence-electron chi connectivity index (χ3n) is 2.86. The molecule has 0 saturated carbocycles. The summed E-state index contributed by atoms with van der Waals surface area (Å²) in [5.74, 6) is 0.862. The van der Waals surface area contributed by atoms with Crippen molar-refractivity contribution in [2.75, 3.05) is 11.9 Å². The van der Waals surface area contributed by atoms with Gasteiger partial charge in [-0.15, -0.1) is 0 Å². The van der Waals surface area contributed by atoms with Gasteiger partial charge in [0.05, 0.1) is 12.8 Å². The number of amides is 1. The zero-order valence-corrected chi connectivity index (χ0v) is 12.9. The average molecular weight is 337 g/mol. The molecule has 0 aliphatic rings. The van der Waals surface area contributed by atoms with Crippen LogP contribution in [0, 0.1) is 6.92 Å². The summed E-state index contributed by atoms with van der Waals surface area (Å²) in [6, 6.07) is 9.52. The standard InChI is InChI=1S/C15H17BrN2O2/c1-11-4-5-12(9-14(11)16)18-15(19)6-7-17-10-13-3-2-8-20-13/h2-5,8-9,17H,6-7,10H2,1H3,(H,18,19). The van der Waals surface area contributed by atoms with Crippen molar-refractivity contribution in [3.63, 3.8) is 0 Å². The molecule has 2 N–H and O–H groups in total. The van der Waals surface area contributed by atoms with E-state index in [1.165, 1.54) is 0 Å². The van der Waals surface area contributed by atoms with Gasteiger partial charge in [0.1, 0.15) is 5.76 Å². The number of hydrogen-bond acceptors (Lipinski definition) is 3. The number of aryl methyl sites for hydroxylation is 1. The summed E-state index contributed by atoms with van der Waals surface area (Å²) in [7, 11) is 0. The van der Waals surface area contributed by atoms with Gasteiger partial charge < -0.3 is 15.1 Å². The van der Waals surface area contributed by atoms with Crippen molar-refractivity contribution < 1.29 is 9.21 Å². The molecule has 0 aliphatic carbocycles. The third-order valence-corrected chi connectivity index (χ3v) is 3.72. The molecule has 0 aliphatic heterocycles. The summed E-state index contributed by atoms with van der Waals surface area (Å²) in [6.07, 6.45) is 2.06. The van der Waals surface area contributed by atoms with Crippen LogP contribution in [0.15, 0.2) is 45.5 Å². The third kappa shape index (κ3) is 4.51. The lowest BCUT2D eigenvalue weighted by Crippen LogP contribution is -2.21. The van der Waals surface area contributed by atoms with Crippen molar-refractivity contribution in [2.24, 2.45) is 0 Å². The summed E-state index contributed by atoms with van der Waals surface area (Å²) in [6.45, 7) is 3.25. The van der Waals surface area contributed by atoms with Crippen molar-refractivity contribution in [1.82, 2.24) is 5.32 Å². The Bertz CT molecular complexity index is 567. The summed E-state index contributed by atoms with van der Waals surface area (Å²) in [5.41, 5.74) is 1.95. The van der Waals surface area contributed by atoms with E-state index >= 15 is 0 Å². The number of furan rings is 1. The van der Waals surface area contributed by atoms with Gasteiger partial charge in [-0.3, -0.25) is 4.79 Å². The van der Waals surface area contributed by atoms with Gasteiger partial charge in [-0.1, -0.05) is 22.0 Å². The predicted octanol–water partition coefficient (Wildman–Crippen LogP) is 3.47. The molecule has 0 unspecified atom stereocenters. The summed E-state index contributed by atoms with van der Waals surface area (Å²) in [5, 5.41) is 6.03.